The average Bonchev–Trinajstić information content (AvgIpc) is 1.85. The maximum absolute atomic E-state index is 5.32. The Morgan fingerprint density at radius 1 is 1.18 bits per heavy atom. The average molecular weight is 159 g/mol. The highest BCUT2D eigenvalue weighted by atomic mass is 16.5. The fourth-order valence-corrected chi connectivity index (χ4v) is 0.745. The van der Waals surface area contributed by atoms with Gasteiger partial charge in [-0.1, -0.05) is 6.92 Å². The quantitative estimate of drug-likeness (QED) is 0.618. The Balaban J connectivity index is 3.02. The zero-order chi connectivity index (χ0) is 8.74. The molecule has 2 heteroatoms. The van der Waals surface area contributed by atoms with Crippen molar-refractivity contribution < 1.29 is 4.74 Å². The first-order valence-corrected chi connectivity index (χ1v) is 4.39. The molecule has 11 heavy (non-hydrogen) atoms. The molecule has 0 aliphatic rings. The van der Waals surface area contributed by atoms with Crippen LogP contribution in [0.1, 0.15) is 34.1 Å². The van der Waals surface area contributed by atoms with Gasteiger partial charge in [0.25, 0.3) is 0 Å². The number of hydrogen-bond acceptors (Lipinski definition) is 2. The molecule has 2 nitrogen and oxygen atoms in total. The lowest BCUT2D eigenvalue weighted by atomic mass is 10.1. The summed E-state index contributed by atoms with van der Waals surface area (Å²) in [4.78, 5) is 0. The largest absolute Gasteiger partial charge is 0.380 e. The van der Waals surface area contributed by atoms with Crippen molar-refractivity contribution >= 4 is 0 Å². The van der Waals surface area contributed by atoms with Crippen LogP contribution in [0.15, 0.2) is 0 Å². The van der Waals surface area contributed by atoms with E-state index in [9.17, 15) is 0 Å². The molecule has 0 spiro atoms. The molecule has 0 saturated carbocycles. The van der Waals surface area contributed by atoms with Crippen LogP contribution in [-0.4, -0.2) is 25.3 Å². The lowest BCUT2D eigenvalue weighted by Gasteiger charge is -2.20. The standard InChI is InChI=1S/C9H21NO/c1-5-7-11-8-6-10-9(2,3)4/h10H,5-8H2,1-4H3. The minimum absolute atomic E-state index is 0.218. The van der Waals surface area contributed by atoms with Crippen LogP contribution in [0.25, 0.3) is 0 Å². The van der Waals surface area contributed by atoms with Crippen LogP contribution in [0.2, 0.25) is 0 Å². The summed E-state index contributed by atoms with van der Waals surface area (Å²) in [7, 11) is 0. The summed E-state index contributed by atoms with van der Waals surface area (Å²) in [6.07, 6.45) is 1.11. The van der Waals surface area contributed by atoms with Crippen LogP contribution >= 0.6 is 0 Å². The second kappa shape index (κ2) is 5.56. The molecule has 0 bridgehead atoms. The molecule has 0 unspecified atom stereocenters. The van der Waals surface area contributed by atoms with Crippen LogP contribution in [0.3, 0.4) is 0 Å². The second-order valence-electron chi connectivity index (χ2n) is 3.79. The van der Waals surface area contributed by atoms with Gasteiger partial charge >= 0.3 is 0 Å². The van der Waals surface area contributed by atoms with E-state index in [-0.39, 0.29) is 5.54 Å². The molecule has 0 aliphatic heterocycles. The number of ether oxygens (including phenoxy) is 1. The molecule has 0 aromatic heterocycles. The Kier molecular flexibility index (Phi) is 5.51. The Hall–Kier alpha value is -0.0800. The van der Waals surface area contributed by atoms with Crippen LogP contribution < -0.4 is 5.32 Å². The van der Waals surface area contributed by atoms with Gasteiger partial charge in [0.1, 0.15) is 0 Å². The maximum Gasteiger partial charge on any atom is 0.0591 e. The number of nitrogens with one attached hydrogen (secondary N) is 1. The van der Waals surface area contributed by atoms with Crippen LogP contribution in [0.5, 0.6) is 0 Å². The van der Waals surface area contributed by atoms with E-state index < -0.39 is 0 Å². The Labute approximate surface area is 70.3 Å². The van der Waals surface area contributed by atoms with Gasteiger partial charge in [0.15, 0.2) is 0 Å². The molecule has 0 aromatic rings. The summed E-state index contributed by atoms with van der Waals surface area (Å²) in [5.41, 5.74) is 0.218. The van der Waals surface area contributed by atoms with Gasteiger partial charge in [0, 0.05) is 18.7 Å². The van der Waals surface area contributed by atoms with Crippen LogP contribution in [-0.2, 0) is 4.74 Å². The van der Waals surface area contributed by atoms with Crippen molar-refractivity contribution in [2.24, 2.45) is 0 Å². The third kappa shape index (κ3) is 9.92. The van der Waals surface area contributed by atoms with Crippen molar-refractivity contribution in [2.45, 2.75) is 39.7 Å². The predicted octanol–water partition coefficient (Wildman–Crippen LogP) is 1.80. The zero-order valence-corrected chi connectivity index (χ0v) is 8.24. The maximum atomic E-state index is 5.32. The summed E-state index contributed by atoms with van der Waals surface area (Å²) in [5, 5.41) is 3.36. The molecule has 0 radical (unpaired) electrons. The van der Waals surface area contributed by atoms with Crippen molar-refractivity contribution in [1.29, 1.82) is 0 Å². The van der Waals surface area contributed by atoms with Gasteiger partial charge in [-0.05, 0) is 27.2 Å². The lowest BCUT2D eigenvalue weighted by Crippen LogP contribution is -2.38. The van der Waals surface area contributed by atoms with E-state index in [0.717, 1.165) is 26.2 Å². The van der Waals surface area contributed by atoms with Crippen LogP contribution in [0, 0.1) is 0 Å². The number of rotatable bonds is 5. The normalized spacial score (nSPS) is 12.0. The van der Waals surface area contributed by atoms with Crippen molar-refractivity contribution in [1.82, 2.24) is 5.32 Å². The first kappa shape index (κ1) is 10.9. The highest BCUT2D eigenvalue weighted by Crippen LogP contribution is 1.96. The summed E-state index contributed by atoms with van der Waals surface area (Å²) in [6.45, 7) is 11.3. The Morgan fingerprint density at radius 3 is 2.27 bits per heavy atom. The van der Waals surface area contributed by atoms with Gasteiger partial charge in [0.05, 0.1) is 6.61 Å². The third-order valence-electron chi connectivity index (χ3n) is 1.25. The minimum atomic E-state index is 0.218. The highest BCUT2D eigenvalue weighted by molar-refractivity contribution is 4.69. The molecule has 0 rings (SSSR count). The predicted molar refractivity (Wildman–Crippen MR) is 48.9 cm³/mol. The van der Waals surface area contributed by atoms with Crippen molar-refractivity contribution in [2.75, 3.05) is 19.8 Å². The molecule has 0 amide bonds. The van der Waals surface area contributed by atoms with E-state index in [1.807, 2.05) is 0 Å². The molecule has 0 atom stereocenters. The van der Waals surface area contributed by atoms with Gasteiger partial charge < -0.3 is 10.1 Å². The monoisotopic (exact) mass is 159 g/mol. The Morgan fingerprint density at radius 2 is 1.82 bits per heavy atom. The van der Waals surface area contributed by atoms with Gasteiger partial charge in [-0.15, -0.1) is 0 Å². The highest BCUT2D eigenvalue weighted by Gasteiger charge is 2.06. The van der Waals surface area contributed by atoms with Gasteiger partial charge in [-0.25, -0.2) is 0 Å². The van der Waals surface area contributed by atoms with E-state index in [2.05, 4.69) is 33.0 Å². The van der Waals surface area contributed by atoms with E-state index in [1.165, 1.54) is 0 Å². The SMILES string of the molecule is CCCOCCNC(C)(C)C. The first-order valence-electron chi connectivity index (χ1n) is 4.39. The van der Waals surface area contributed by atoms with E-state index in [4.69, 9.17) is 4.74 Å². The molecule has 0 heterocycles. The third-order valence-corrected chi connectivity index (χ3v) is 1.25. The van der Waals surface area contributed by atoms with Crippen molar-refractivity contribution in [3.8, 4) is 0 Å². The molecule has 68 valence electrons. The smallest absolute Gasteiger partial charge is 0.0591 e. The summed E-state index contributed by atoms with van der Waals surface area (Å²) in [5.74, 6) is 0. The first-order chi connectivity index (χ1) is 5.06. The van der Waals surface area contributed by atoms with Crippen LogP contribution in [0.4, 0.5) is 0 Å². The lowest BCUT2D eigenvalue weighted by molar-refractivity contribution is 0.131. The fraction of sp³-hybridized carbons (Fsp3) is 1.00. The molecular formula is C9H21NO. The van der Waals surface area contributed by atoms with E-state index in [0.29, 0.717) is 0 Å². The fourth-order valence-electron chi connectivity index (χ4n) is 0.745. The molecular weight excluding hydrogens is 138 g/mol. The zero-order valence-electron chi connectivity index (χ0n) is 8.24. The van der Waals surface area contributed by atoms with E-state index in [1.54, 1.807) is 0 Å². The summed E-state index contributed by atoms with van der Waals surface area (Å²) >= 11 is 0. The van der Waals surface area contributed by atoms with E-state index >= 15 is 0 Å². The number of hydrogen-bond donors (Lipinski definition) is 1. The van der Waals surface area contributed by atoms with Gasteiger partial charge in [0.2, 0.25) is 0 Å². The molecule has 0 aliphatic carbocycles. The topological polar surface area (TPSA) is 21.3 Å². The van der Waals surface area contributed by atoms with Gasteiger partial charge in [-0.2, -0.15) is 0 Å². The molecule has 1 N–H and O–H groups in total. The molecule has 0 fully saturated rings. The molecule has 0 saturated heterocycles. The van der Waals surface area contributed by atoms with Crippen molar-refractivity contribution in [3.05, 3.63) is 0 Å². The van der Waals surface area contributed by atoms with Crippen molar-refractivity contribution in [3.63, 3.8) is 0 Å². The van der Waals surface area contributed by atoms with Gasteiger partial charge in [-0.3, -0.25) is 0 Å². The minimum Gasteiger partial charge on any atom is -0.380 e. The molecule has 0 aromatic carbocycles. The summed E-state index contributed by atoms with van der Waals surface area (Å²) in [6, 6.07) is 0. The second-order valence-corrected chi connectivity index (χ2v) is 3.79. The summed E-state index contributed by atoms with van der Waals surface area (Å²) < 4.78 is 5.32. The Bertz CT molecular complexity index is 86.1.